The van der Waals surface area contributed by atoms with Crippen LogP contribution in [0.15, 0.2) is 48.5 Å². The molecule has 2 aromatic carbocycles. The molecular weight excluding hydrogens is 258 g/mol. The standard InChI is InChI=1S/C19H25NO/c1-14-7-3-5-9-16(14)11-12-19(21)18(13-20)17-10-6-4-8-15(17)2/h3-10,18-19,21H,11-13,20H2,1-2H3. The Kier molecular flexibility index (Phi) is 5.54. The lowest BCUT2D eigenvalue weighted by Crippen LogP contribution is -2.27. The summed E-state index contributed by atoms with van der Waals surface area (Å²) < 4.78 is 0. The summed E-state index contributed by atoms with van der Waals surface area (Å²) in [5.41, 5.74) is 10.9. The Bertz CT molecular complexity index is 579. The minimum absolute atomic E-state index is 0.00946. The van der Waals surface area contributed by atoms with Crippen molar-refractivity contribution in [2.24, 2.45) is 5.73 Å². The first-order chi connectivity index (χ1) is 10.1. The minimum atomic E-state index is -0.407. The van der Waals surface area contributed by atoms with Gasteiger partial charge in [0.2, 0.25) is 0 Å². The number of hydrogen-bond acceptors (Lipinski definition) is 2. The quantitative estimate of drug-likeness (QED) is 0.854. The van der Waals surface area contributed by atoms with Crippen LogP contribution in [-0.2, 0) is 6.42 Å². The topological polar surface area (TPSA) is 46.2 Å². The summed E-state index contributed by atoms with van der Waals surface area (Å²) in [6.45, 7) is 4.66. The Morgan fingerprint density at radius 3 is 2.19 bits per heavy atom. The molecule has 0 aliphatic rings. The van der Waals surface area contributed by atoms with E-state index in [2.05, 4.69) is 44.2 Å². The number of rotatable bonds is 6. The summed E-state index contributed by atoms with van der Waals surface area (Å²) >= 11 is 0. The van der Waals surface area contributed by atoms with Crippen LogP contribution in [0.1, 0.15) is 34.6 Å². The van der Waals surface area contributed by atoms with Gasteiger partial charge in [-0.25, -0.2) is 0 Å². The highest BCUT2D eigenvalue weighted by Crippen LogP contribution is 2.25. The zero-order valence-corrected chi connectivity index (χ0v) is 12.9. The van der Waals surface area contributed by atoms with Crippen LogP contribution in [0.2, 0.25) is 0 Å². The van der Waals surface area contributed by atoms with Gasteiger partial charge in [-0.1, -0.05) is 48.5 Å². The lowest BCUT2D eigenvalue weighted by atomic mass is 9.87. The van der Waals surface area contributed by atoms with Crippen molar-refractivity contribution in [3.05, 3.63) is 70.8 Å². The van der Waals surface area contributed by atoms with Crippen LogP contribution in [0, 0.1) is 13.8 Å². The Morgan fingerprint density at radius 1 is 0.952 bits per heavy atom. The maximum Gasteiger partial charge on any atom is 0.0624 e. The summed E-state index contributed by atoms with van der Waals surface area (Å²) in [4.78, 5) is 0. The molecule has 0 amide bonds. The van der Waals surface area contributed by atoms with Crippen LogP contribution in [0.25, 0.3) is 0 Å². The van der Waals surface area contributed by atoms with Crippen LogP contribution in [0.4, 0.5) is 0 Å². The number of hydrogen-bond donors (Lipinski definition) is 2. The summed E-state index contributed by atoms with van der Waals surface area (Å²) in [7, 11) is 0. The van der Waals surface area contributed by atoms with Gasteiger partial charge in [0.1, 0.15) is 0 Å². The molecule has 2 heteroatoms. The van der Waals surface area contributed by atoms with Crippen molar-refractivity contribution in [2.75, 3.05) is 6.54 Å². The third-order valence-corrected chi connectivity index (χ3v) is 4.28. The van der Waals surface area contributed by atoms with E-state index >= 15 is 0 Å². The maximum atomic E-state index is 10.6. The van der Waals surface area contributed by atoms with Gasteiger partial charge in [0, 0.05) is 12.5 Å². The number of aliphatic hydroxyl groups excluding tert-OH is 1. The highest BCUT2D eigenvalue weighted by molar-refractivity contribution is 5.31. The maximum absolute atomic E-state index is 10.6. The van der Waals surface area contributed by atoms with Crippen molar-refractivity contribution >= 4 is 0 Å². The average molecular weight is 283 g/mol. The molecule has 3 N–H and O–H groups in total. The van der Waals surface area contributed by atoms with E-state index in [4.69, 9.17) is 5.73 Å². The fraction of sp³-hybridized carbons (Fsp3) is 0.368. The van der Waals surface area contributed by atoms with E-state index in [1.54, 1.807) is 0 Å². The Balaban J connectivity index is 2.06. The summed E-state index contributed by atoms with van der Waals surface area (Å²) in [5.74, 6) is 0.00946. The minimum Gasteiger partial charge on any atom is -0.392 e. The summed E-state index contributed by atoms with van der Waals surface area (Å²) in [6, 6.07) is 16.5. The molecule has 0 aromatic heterocycles. The molecule has 2 rings (SSSR count). The average Bonchev–Trinajstić information content (AvgIpc) is 2.49. The van der Waals surface area contributed by atoms with Crippen molar-refractivity contribution in [3.63, 3.8) is 0 Å². The third-order valence-electron chi connectivity index (χ3n) is 4.28. The van der Waals surface area contributed by atoms with E-state index in [1.807, 2.05) is 18.2 Å². The highest BCUT2D eigenvalue weighted by Gasteiger charge is 2.21. The van der Waals surface area contributed by atoms with Crippen LogP contribution in [0.3, 0.4) is 0 Å². The molecule has 0 saturated carbocycles. The van der Waals surface area contributed by atoms with E-state index in [-0.39, 0.29) is 5.92 Å². The van der Waals surface area contributed by atoms with Gasteiger partial charge in [0.15, 0.2) is 0 Å². The van der Waals surface area contributed by atoms with Crippen molar-refractivity contribution in [1.82, 2.24) is 0 Å². The van der Waals surface area contributed by atoms with Crippen LogP contribution < -0.4 is 5.73 Å². The first kappa shape index (κ1) is 15.7. The smallest absolute Gasteiger partial charge is 0.0624 e. The molecular formula is C19H25NO. The predicted octanol–water partition coefficient (Wildman–Crippen LogP) is 3.34. The molecule has 0 heterocycles. The largest absolute Gasteiger partial charge is 0.392 e. The molecule has 2 aromatic rings. The van der Waals surface area contributed by atoms with E-state index in [1.165, 1.54) is 16.7 Å². The second-order valence-corrected chi connectivity index (χ2v) is 5.73. The van der Waals surface area contributed by atoms with E-state index in [9.17, 15) is 5.11 Å². The molecule has 2 unspecified atom stereocenters. The molecule has 0 fully saturated rings. The molecule has 0 spiro atoms. The lowest BCUT2D eigenvalue weighted by molar-refractivity contribution is 0.136. The van der Waals surface area contributed by atoms with Crippen LogP contribution >= 0.6 is 0 Å². The molecule has 21 heavy (non-hydrogen) atoms. The first-order valence-corrected chi connectivity index (χ1v) is 7.61. The Morgan fingerprint density at radius 2 is 1.57 bits per heavy atom. The summed E-state index contributed by atoms with van der Waals surface area (Å²) in [6.07, 6.45) is 1.22. The zero-order valence-electron chi connectivity index (χ0n) is 12.9. The third kappa shape index (κ3) is 3.93. The molecule has 112 valence electrons. The fourth-order valence-corrected chi connectivity index (χ4v) is 2.89. The van der Waals surface area contributed by atoms with Gasteiger partial charge in [0.05, 0.1) is 6.10 Å². The summed E-state index contributed by atoms with van der Waals surface area (Å²) in [5, 5.41) is 10.6. The fourth-order valence-electron chi connectivity index (χ4n) is 2.89. The van der Waals surface area contributed by atoms with Gasteiger partial charge in [0.25, 0.3) is 0 Å². The zero-order chi connectivity index (χ0) is 15.2. The van der Waals surface area contributed by atoms with Crippen LogP contribution in [-0.4, -0.2) is 17.8 Å². The normalized spacial score (nSPS) is 13.9. The van der Waals surface area contributed by atoms with Gasteiger partial charge < -0.3 is 10.8 Å². The highest BCUT2D eigenvalue weighted by atomic mass is 16.3. The van der Waals surface area contributed by atoms with Gasteiger partial charge in [-0.05, 0) is 48.9 Å². The lowest BCUT2D eigenvalue weighted by Gasteiger charge is -2.23. The molecule has 0 bridgehead atoms. The van der Waals surface area contributed by atoms with Crippen molar-refractivity contribution in [1.29, 1.82) is 0 Å². The first-order valence-electron chi connectivity index (χ1n) is 7.61. The molecule has 0 radical (unpaired) electrons. The van der Waals surface area contributed by atoms with Crippen molar-refractivity contribution < 1.29 is 5.11 Å². The Labute approximate surface area is 127 Å². The number of nitrogens with two attached hydrogens (primary N) is 1. The SMILES string of the molecule is Cc1ccccc1CCC(O)C(CN)c1ccccc1C. The number of aliphatic hydroxyl groups is 1. The van der Waals surface area contributed by atoms with Gasteiger partial charge in [-0.3, -0.25) is 0 Å². The molecule has 2 atom stereocenters. The van der Waals surface area contributed by atoms with Gasteiger partial charge in [-0.2, -0.15) is 0 Å². The predicted molar refractivity (Wildman–Crippen MR) is 88.5 cm³/mol. The monoisotopic (exact) mass is 283 g/mol. The second-order valence-electron chi connectivity index (χ2n) is 5.73. The van der Waals surface area contributed by atoms with E-state index in [0.29, 0.717) is 6.54 Å². The molecule has 0 aliphatic carbocycles. The number of aryl methyl sites for hydroxylation is 3. The molecule has 0 saturated heterocycles. The van der Waals surface area contributed by atoms with Crippen LogP contribution in [0.5, 0.6) is 0 Å². The van der Waals surface area contributed by atoms with Gasteiger partial charge in [-0.15, -0.1) is 0 Å². The number of benzene rings is 2. The van der Waals surface area contributed by atoms with Crippen molar-refractivity contribution in [2.45, 2.75) is 38.7 Å². The Hall–Kier alpha value is -1.64. The van der Waals surface area contributed by atoms with Gasteiger partial charge >= 0.3 is 0 Å². The molecule has 0 aliphatic heterocycles. The second kappa shape index (κ2) is 7.39. The van der Waals surface area contributed by atoms with E-state index < -0.39 is 6.10 Å². The molecule has 2 nitrogen and oxygen atoms in total. The van der Waals surface area contributed by atoms with E-state index in [0.717, 1.165) is 18.4 Å². The van der Waals surface area contributed by atoms with Crippen molar-refractivity contribution in [3.8, 4) is 0 Å².